The first-order valence-corrected chi connectivity index (χ1v) is 0. The van der Waals surface area contributed by atoms with E-state index in [4.69, 9.17) is 0 Å². The van der Waals surface area contributed by atoms with Gasteiger partial charge in [-0.05, 0) is 0 Å². The Kier molecular flexibility index (Phi) is 353. The third kappa shape index (κ3) is 21.8. The molecule has 5 heteroatoms. The fraction of sp³-hybridized carbons (Fsp3) is 0. The van der Waals surface area contributed by atoms with E-state index in [1.54, 1.807) is 0 Å². The standard InChI is InChI=1S/4Li.H2O.4H/h;;;;1H2;;;;/q4*+1;;4*-1. The second kappa shape index (κ2) is 32.9. The minimum Gasteiger partial charge on any atom is -1.00 e. The smallest absolute Gasteiger partial charge is 1.00 e. The van der Waals surface area contributed by atoms with Crippen molar-refractivity contribution in [3.05, 3.63) is 0 Å². The van der Waals surface area contributed by atoms with Gasteiger partial charge in [-0.1, -0.05) is 0 Å². The van der Waals surface area contributed by atoms with Crippen LogP contribution in [0.1, 0.15) is 5.71 Å². The van der Waals surface area contributed by atoms with Crippen molar-refractivity contribution in [1.82, 2.24) is 0 Å². The quantitative estimate of drug-likeness (QED) is 0.244. The number of hydrogen-bond acceptors (Lipinski definition) is 0. The summed E-state index contributed by atoms with van der Waals surface area (Å²) < 4.78 is 0. The molecule has 0 amide bonds. The first-order chi connectivity index (χ1) is 0. The largest absolute Gasteiger partial charge is 1.00 e. The van der Waals surface area contributed by atoms with Crippen LogP contribution in [0.4, 0.5) is 0 Å². The molecule has 0 aromatic carbocycles. The Hall–Kier alpha value is 2.35. The summed E-state index contributed by atoms with van der Waals surface area (Å²) in [5.41, 5.74) is 0. The van der Waals surface area contributed by atoms with Crippen LogP contribution in [0.25, 0.3) is 0 Å². The Labute approximate surface area is 86.0 Å². The number of rotatable bonds is 0. The van der Waals surface area contributed by atoms with Gasteiger partial charge in [-0.2, -0.15) is 0 Å². The van der Waals surface area contributed by atoms with Gasteiger partial charge in [-0.15, -0.1) is 0 Å². The third-order valence-corrected chi connectivity index (χ3v) is 0. The van der Waals surface area contributed by atoms with E-state index in [0.29, 0.717) is 0 Å². The molecule has 0 rings (SSSR count). The maximum Gasteiger partial charge on any atom is 1.00 e. The molecule has 0 fully saturated rings. The normalized spacial score (nSPS) is 0. The maximum atomic E-state index is 0. The molecule has 0 saturated heterocycles. The van der Waals surface area contributed by atoms with Gasteiger partial charge in [0, 0.05) is 0 Å². The van der Waals surface area contributed by atoms with Crippen LogP contribution >= 0.6 is 0 Å². The molecule has 0 bridgehead atoms. The zero-order valence-electron chi connectivity index (χ0n) is 8.50. The zero-order valence-corrected chi connectivity index (χ0v) is 4.50. The molecule has 16 valence electrons. The molecule has 0 aliphatic heterocycles. The van der Waals surface area contributed by atoms with Crippen LogP contribution in [0.3, 0.4) is 0 Å². The van der Waals surface area contributed by atoms with Crippen molar-refractivity contribution in [2.75, 3.05) is 0 Å². The SMILES string of the molecule is O.[H-].[H-].[H-].[H-].[Li+].[Li+].[Li+].[Li+]. The van der Waals surface area contributed by atoms with E-state index in [-0.39, 0.29) is 86.6 Å². The Morgan fingerprint density at radius 1 is 0.600 bits per heavy atom. The van der Waals surface area contributed by atoms with Crippen molar-refractivity contribution >= 4 is 0 Å². The van der Waals surface area contributed by atoms with Gasteiger partial charge < -0.3 is 11.2 Å². The topological polar surface area (TPSA) is 31.5 Å². The average Bonchev–Trinajstić information content (AvgIpc) is 0. The Balaban J connectivity index is 0. The summed E-state index contributed by atoms with van der Waals surface area (Å²) in [5, 5.41) is 0. The summed E-state index contributed by atoms with van der Waals surface area (Å²) in [6.07, 6.45) is 0. The summed E-state index contributed by atoms with van der Waals surface area (Å²) in [7, 11) is 0. The Morgan fingerprint density at radius 3 is 0.600 bits per heavy atom. The van der Waals surface area contributed by atoms with Gasteiger partial charge >= 0.3 is 75.4 Å². The Bertz CT molecular complexity index is 12.5. The first kappa shape index (κ1) is 53.7. The molecular formula is H6Li4O. The van der Waals surface area contributed by atoms with Crippen LogP contribution in [0.5, 0.6) is 0 Å². The predicted octanol–water partition coefficient (Wildman–Crippen LogP) is -12.4. The predicted molar refractivity (Wildman–Crippen MR) is 8.06 cm³/mol. The van der Waals surface area contributed by atoms with Crippen LogP contribution in [0, 0.1) is 0 Å². The summed E-state index contributed by atoms with van der Waals surface area (Å²) in [5.74, 6) is 0. The third-order valence-electron chi connectivity index (χ3n) is 0. The zero-order chi connectivity index (χ0) is 0. The molecule has 1 nitrogen and oxygen atoms in total. The maximum absolute atomic E-state index is 0. The summed E-state index contributed by atoms with van der Waals surface area (Å²) in [4.78, 5) is 0. The fourth-order valence-corrected chi connectivity index (χ4v) is 0. The molecule has 0 aliphatic rings. The van der Waals surface area contributed by atoms with Gasteiger partial charge in [-0.25, -0.2) is 0 Å². The van der Waals surface area contributed by atoms with Crippen LogP contribution in [0.2, 0.25) is 0 Å². The summed E-state index contributed by atoms with van der Waals surface area (Å²) >= 11 is 0. The average molecular weight is 49.8 g/mol. The number of hydrogen-bond donors (Lipinski definition) is 0. The van der Waals surface area contributed by atoms with E-state index >= 15 is 0 Å². The monoisotopic (exact) mass is 50.1 g/mol. The fourth-order valence-electron chi connectivity index (χ4n) is 0. The van der Waals surface area contributed by atoms with Crippen molar-refractivity contribution in [1.29, 1.82) is 0 Å². The van der Waals surface area contributed by atoms with Crippen LogP contribution in [0.15, 0.2) is 0 Å². The molecule has 0 aliphatic carbocycles. The minimum absolute atomic E-state index is 0. The van der Waals surface area contributed by atoms with E-state index in [1.165, 1.54) is 0 Å². The molecule has 0 radical (unpaired) electrons. The second-order valence-electron chi connectivity index (χ2n) is 0. The molecule has 0 spiro atoms. The van der Waals surface area contributed by atoms with Crippen molar-refractivity contribution in [3.63, 3.8) is 0 Å². The van der Waals surface area contributed by atoms with Gasteiger partial charge in [0.2, 0.25) is 0 Å². The van der Waals surface area contributed by atoms with E-state index in [9.17, 15) is 0 Å². The van der Waals surface area contributed by atoms with Gasteiger partial charge in [0.15, 0.2) is 0 Å². The Morgan fingerprint density at radius 2 is 0.600 bits per heavy atom. The van der Waals surface area contributed by atoms with Crippen molar-refractivity contribution in [2.24, 2.45) is 0 Å². The van der Waals surface area contributed by atoms with E-state index < -0.39 is 0 Å². The van der Waals surface area contributed by atoms with Crippen molar-refractivity contribution < 1.29 is 86.6 Å². The van der Waals surface area contributed by atoms with Gasteiger partial charge in [0.25, 0.3) is 0 Å². The van der Waals surface area contributed by atoms with E-state index in [2.05, 4.69) is 0 Å². The summed E-state index contributed by atoms with van der Waals surface area (Å²) in [6.45, 7) is 0. The van der Waals surface area contributed by atoms with Gasteiger partial charge in [0.1, 0.15) is 0 Å². The van der Waals surface area contributed by atoms with E-state index in [0.717, 1.165) is 0 Å². The molecule has 0 aromatic rings. The molecule has 5 heavy (non-hydrogen) atoms. The molecule has 0 unspecified atom stereocenters. The summed E-state index contributed by atoms with van der Waals surface area (Å²) in [6, 6.07) is 0. The van der Waals surface area contributed by atoms with Crippen LogP contribution in [-0.2, 0) is 0 Å². The first-order valence-electron chi connectivity index (χ1n) is 0. The molecular weight excluding hydrogens is 43.8 g/mol. The van der Waals surface area contributed by atoms with Crippen molar-refractivity contribution in [2.45, 2.75) is 0 Å². The molecule has 2 N–H and O–H groups in total. The molecule has 0 atom stereocenters. The molecule has 0 aromatic heterocycles. The van der Waals surface area contributed by atoms with Gasteiger partial charge in [0.05, 0.1) is 0 Å². The van der Waals surface area contributed by atoms with Crippen LogP contribution in [-0.4, -0.2) is 5.48 Å². The van der Waals surface area contributed by atoms with Crippen LogP contribution < -0.4 is 75.4 Å². The van der Waals surface area contributed by atoms with Crippen molar-refractivity contribution in [3.8, 4) is 0 Å². The van der Waals surface area contributed by atoms with E-state index in [1.807, 2.05) is 0 Å². The second-order valence-corrected chi connectivity index (χ2v) is 0. The molecule has 0 heterocycles. The minimum atomic E-state index is 0. The molecule has 0 saturated carbocycles. The van der Waals surface area contributed by atoms with Gasteiger partial charge in [-0.3, -0.25) is 0 Å².